The van der Waals surface area contributed by atoms with Gasteiger partial charge in [0, 0.05) is 21.4 Å². The van der Waals surface area contributed by atoms with E-state index < -0.39 is 12.3 Å². The molecule has 8 heteroatoms. The van der Waals surface area contributed by atoms with E-state index in [2.05, 4.69) is 9.47 Å². The van der Waals surface area contributed by atoms with Crippen LogP contribution in [0.4, 0.5) is 9.59 Å². The lowest BCUT2D eigenvalue weighted by atomic mass is 10.0. The van der Waals surface area contributed by atoms with Crippen LogP contribution in [0.1, 0.15) is 12.5 Å². The smallest absolute Gasteiger partial charge is 0.490 e. The fraction of sp³-hybridized carbons (Fsp3) is 0.294. The Morgan fingerprint density at radius 1 is 0.960 bits per heavy atom. The highest BCUT2D eigenvalue weighted by Gasteiger charge is 2.24. The van der Waals surface area contributed by atoms with Crippen molar-refractivity contribution in [3.05, 3.63) is 28.8 Å². The molecule has 0 aliphatic rings. The van der Waals surface area contributed by atoms with Crippen molar-refractivity contribution < 1.29 is 33.3 Å². The van der Waals surface area contributed by atoms with E-state index in [0.717, 1.165) is 0 Å². The van der Waals surface area contributed by atoms with Gasteiger partial charge < -0.3 is 23.7 Å². The summed E-state index contributed by atoms with van der Waals surface area (Å²) in [6, 6.07) is 4.82. The van der Waals surface area contributed by atoms with Gasteiger partial charge in [0.1, 0.15) is 5.75 Å². The Hall–Kier alpha value is -2.67. The molecule has 0 saturated carbocycles. The molecule has 0 N–H and O–H groups in total. The molecule has 0 bridgehead atoms. The van der Waals surface area contributed by atoms with Gasteiger partial charge in [-0.2, -0.15) is 0 Å². The quantitative estimate of drug-likeness (QED) is 0.580. The molecule has 2 rings (SSSR count). The molecule has 0 unspecified atom stereocenters. The number of carbonyl (C=O) groups excluding carboxylic acids is 2. The Labute approximate surface area is 149 Å². The fourth-order valence-electron chi connectivity index (χ4n) is 2.30. The normalized spacial score (nSPS) is 10.3. The third-order valence-corrected chi connectivity index (χ3v) is 3.59. The second-order valence-electron chi connectivity index (χ2n) is 4.85. The van der Waals surface area contributed by atoms with E-state index in [9.17, 15) is 9.59 Å². The van der Waals surface area contributed by atoms with Crippen molar-refractivity contribution >= 4 is 34.7 Å². The minimum atomic E-state index is -0.904. The molecule has 0 spiro atoms. The van der Waals surface area contributed by atoms with Crippen LogP contribution in [0.5, 0.6) is 17.2 Å². The number of methoxy groups -OCH3 is 2. The van der Waals surface area contributed by atoms with E-state index in [-0.39, 0.29) is 17.2 Å². The lowest BCUT2D eigenvalue weighted by Gasteiger charge is -2.19. The molecule has 7 nitrogen and oxygen atoms in total. The molecular formula is C17H17ClO7. The molecular weight excluding hydrogens is 352 g/mol. The first-order chi connectivity index (χ1) is 11.9. The first-order valence-electron chi connectivity index (χ1n) is 7.33. The number of rotatable bonds is 4. The average molecular weight is 369 g/mol. The largest absolute Gasteiger partial charge is 0.513 e. The fourth-order valence-corrected chi connectivity index (χ4v) is 2.47. The highest BCUT2D eigenvalue weighted by atomic mass is 35.5. The summed E-state index contributed by atoms with van der Waals surface area (Å²) < 4.78 is 25.3. The Morgan fingerprint density at radius 2 is 1.56 bits per heavy atom. The van der Waals surface area contributed by atoms with Crippen molar-refractivity contribution in [1.82, 2.24) is 0 Å². The Morgan fingerprint density at radius 3 is 2.12 bits per heavy atom. The number of fused-ring (bicyclic) bond motifs is 1. The van der Waals surface area contributed by atoms with Gasteiger partial charge in [0.25, 0.3) is 0 Å². The van der Waals surface area contributed by atoms with E-state index in [0.29, 0.717) is 28.0 Å². The standard InChI is InChI=1S/C17H17ClO7/c1-5-23-14-9(2)13(24-16(19)21-3)12-8-10(18)6-7-11(12)15(14)25-17(20)22-4/h6-8H,5H2,1-4H3. The first kappa shape index (κ1) is 18.7. The molecule has 2 aromatic carbocycles. The third-order valence-electron chi connectivity index (χ3n) is 3.35. The van der Waals surface area contributed by atoms with Crippen LogP contribution in [-0.4, -0.2) is 33.1 Å². The molecule has 0 aliphatic carbocycles. The van der Waals surface area contributed by atoms with Gasteiger partial charge in [-0.3, -0.25) is 0 Å². The van der Waals surface area contributed by atoms with E-state index in [1.807, 2.05) is 0 Å². The summed E-state index contributed by atoms with van der Waals surface area (Å²) >= 11 is 6.06. The van der Waals surface area contributed by atoms with Gasteiger partial charge in [0.15, 0.2) is 11.5 Å². The van der Waals surface area contributed by atoms with Crippen LogP contribution >= 0.6 is 11.6 Å². The second-order valence-corrected chi connectivity index (χ2v) is 5.28. The maximum atomic E-state index is 11.6. The zero-order valence-corrected chi connectivity index (χ0v) is 14.9. The summed E-state index contributed by atoms with van der Waals surface area (Å²) in [4.78, 5) is 23.3. The number of hydrogen-bond donors (Lipinski definition) is 0. The zero-order valence-electron chi connectivity index (χ0n) is 14.2. The number of halogens is 1. The van der Waals surface area contributed by atoms with Crippen molar-refractivity contribution in [3.63, 3.8) is 0 Å². The van der Waals surface area contributed by atoms with E-state index in [1.165, 1.54) is 14.2 Å². The monoisotopic (exact) mass is 368 g/mol. The van der Waals surface area contributed by atoms with Gasteiger partial charge in [-0.15, -0.1) is 0 Å². The first-order valence-corrected chi connectivity index (χ1v) is 7.70. The summed E-state index contributed by atoms with van der Waals surface area (Å²) in [6.07, 6.45) is -1.80. The van der Waals surface area contributed by atoms with Crippen LogP contribution < -0.4 is 14.2 Å². The summed E-state index contributed by atoms with van der Waals surface area (Å²) in [5, 5.41) is 1.33. The van der Waals surface area contributed by atoms with Gasteiger partial charge in [0.2, 0.25) is 0 Å². The van der Waals surface area contributed by atoms with Crippen molar-refractivity contribution in [2.75, 3.05) is 20.8 Å². The predicted octanol–water partition coefficient (Wildman–Crippen LogP) is 4.49. The highest BCUT2D eigenvalue weighted by molar-refractivity contribution is 6.31. The molecule has 134 valence electrons. The minimum absolute atomic E-state index is 0.148. The van der Waals surface area contributed by atoms with Crippen molar-refractivity contribution in [2.45, 2.75) is 13.8 Å². The molecule has 0 heterocycles. The van der Waals surface area contributed by atoms with E-state index >= 15 is 0 Å². The lowest BCUT2D eigenvalue weighted by Crippen LogP contribution is -2.12. The number of benzene rings is 2. The topological polar surface area (TPSA) is 80.3 Å². The Kier molecular flexibility index (Phi) is 5.93. The van der Waals surface area contributed by atoms with Crippen LogP contribution in [0.3, 0.4) is 0 Å². The lowest BCUT2D eigenvalue weighted by molar-refractivity contribution is 0.118. The maximum Gasteiger partial charge on any atom is 0.513 e. The molecule has 2 aromatic rings. The minimum Gasteiger partial charge on any atom is -0.490 e. The van der Waals surface area contributed by atoms with Crippen LogP contribution in [0.25, 0.3) is 10.8 Å². The SMILES string of the molecule is CCOc1c(C)c(OC(=O)OC)c2cc(Cl)ccc2c1OC(=O)OC. The third kappa shape index (κ3) is 3.88. The predicted molar refractivity (Wildman–Crippen MR) is 90.9 cm³/mol. The van der Waals surface area contributed by atoms with Gasteiger partial charge in [-0.25, -0.2) is 9.59 Å². The number of hydrogen-bond acceptors (Lipinski definition) is 7. The Bertz CT molecular complexity index is 816. The van der Waals surface area contributed by atoms with Crippen molar-refractivity contribution in [2.24, 2.45) is 0 Å². The average Bonchev–Trinajstić information content (AvgIpc) is 2.60. The van der Waals surface area contributed by atoms with Crippen LogP contribution in [-0.2, 0) is 9.47 Å². The Balaban J connectivity index is 2.81. The molecule has 0 fully saturated rings. The van der Waals surface area contributed by atoms with Gasteiger partial charge in [0.05, 0.1) is 20.8 Å². The van der Waals surface area contributed by atoms with Gasteiger partial charge >= 0.3 is 12.3 Å². The maximum absolute atomic E-state index is 11.6. The number of ether oxygens (including phenoxy) is 5. The van der Waals surface area contributed by atoms with Gasteiger partial charge in [-0.1, -0.05) is 11.6 Å². The van der Waals surface area contributed by atoms with Crippen LogP contribution in [0.2, 0.25) is 5.02 Å². The summed E-state index contributed by atoms with van der Waals surface area (Å²) in [6.45, 7) is 3.73. The molecule has 0 atom stereocenters. The van der Waals surface area contributed by atoms with Crippen molar-refractivity contribution in [1.29, 1.82) is 0 Å². The van der Waals surface area contributed by atoms with E-state index in [1.54, 1.807) is 32.0 Å². The molecule has 0 aromatic heterocycles. The summed E-state index contributed by atoms with van der Waals surface area (Å²) in [5.41, 5.74) is 0.445. The second kappa shape index (κ2) is 7.94. The van der Waals surface area contributed by atoms with Gasteiger partial charge in [-0.05, 0) is 32.0 Å². The molecule has 25 heavy (non-hydrogen) atoms. The molecule has 0 amide bonds. The van der Waals surface area contributed by atoms with Crippen molar-refractivity contribution in [3.8, 4) is 17.2 Å². The molecule has 0 saturated heterocycles. The van der Waals surface area contributed by atoms with E-state index in [4.69, 9.17) is 25.8 Å². The summed E-state index contributed by atoms with van der Waals surface area (Å²) in [7, 11) is 2.40. The number of carbonyl (C=O) groups is 2. The molecule has 0 aliphatic heterocycles. The summed E-state index contributed by atoms with van der Waals surface area (Å²) in [5.74, 6) is 0.599. The highest BCUT2D eigenvalue weighted by Crippen LogP contribution is 2.46. The molecule has 0 radical (unpaired) electrons. The van der Waals surface area contributed by atoms with Crippen LogP contribution in [0, 0.1) is 6.92 Å². The van der Waals surface area contributed by atoms with Crippen LogP contribution in [0.15, 0.2) is 18.2 Å². The zero-order chi connectivity index (χ0) is 18.6.